The number of pyridine rings is 1. The highest BCUT2D eigenvalue weighted by Crippen LogP contribution is 2.18. The fourth-order valence-electron chi connectivity index (χ4n) is 1.29. The van der Waals surface area contributed by atoms with Crippen molar-refractivity contribution in [1.29, 1.82) is 5.26 Å². The highest BCUT2D eigenvalue weighted by molar-refractivity contribution is 9.10. The van der Waals surface area contributed by atoms with Gasteiger partial charge in [-0.1, -0.05) is 0 Å². The highest BCUT2D eigenvalue weighted by atomic mass is 79.9. The van der Waals surface area contributed by atoms with Crippen LogP contribution in [0.15, 0.2) is 22.8 Å². The van der Waals surface area contributed by atoms with E-state index in [2.05, 4.69) is 27.0 Å². The molecule has 0 aromatic carbocycles. The first-order chi connectivity index (χ1) is 6.24. The van der Waals surface area contributed by atoms with Crippen molar-refractivity contribution >= 4 is 21.6 Å². The molecule has 2 rings (SSSR count). The molecule has 13 heavy (non-hydrogen) atoms. The Morgan fingerprint density at radius 1 is 1.54 bits per heavy atom. The zero-order valence-corrected chi connectivity index (χ0v) is 8.54. The number of nitrogens with zero attached hydrogens (tertiary/aromatic N) is 3. The molecule has 0 bridgehead atoms. The van der Waals surface area contributed by atoms with E-state index >= 15 is 0 Å². The summed E-state index contributed by atoms with van der Waals surface area (Å²) in [5.74, 6) is 0. The third-order valence-electron chi connectivity index (χ3n) is 1.96. The second-order valence-corrected chi connectivity index (χ2v) is 3.57. The molecule has 0 aliphatic carbocycles. The normalized spacial score (nSPS) is 10.2. The molecule has 0 unspecified atom stereocenters. The summed E-state index contributed by atoms with van der Waals surface area (Å²) in [4.78, 5) is 4.11. The Morgan fingerprint density at radius 3 is 3.00 bits per heavy atom. The maximum Gasteiger partial charge on any atom is 0.144 e. The molecule has 2 aromatic heterocycles. The molecule has 64 valence electrons. The Kier molecular flexibility index (Phi) is 1.82. The van der Waals surface area contributed by atoms with Gasteiger partial charge < -0.3 is 0 Å². The van der Waals surface area contributed by atoms with Crippen LogP contribution in [0.4, 0.5) is 0 Å². The lowest BCUT2D eigenvalue weighted by Crippen LogP contribution is -1.94. The van der Waals surface area contributed by atoms with Gasteiger partial charge in [0.15, 0.2) is 0 Å². The maximum atomic E-state index is 8.81. The Bertz CT molecular complexity index is 507. The molecule has 0 aliphatic rings. The molecule has 0 aliphatic heterocycles. The van der Waals surface area contributed by atoms with Gasteiger partial charge in [0.1, 0.15) is 17.4 Å². The average Bonchev–Trinajstić information content (AvgIpc) is 2.55. The molecule has 4 heteroatoms. The molecular formula is C9H6BrN3. The van der Waals surface area contributed by atoms with E-state index in [0.717, 1.165) is 15.8 Å². The number of hydrogen-bond acceptors (Lipinski definition) is 2. The number of rotatable bonds is 0. The van der Waals surface area contributed by atoms with Crippen LogP contribution in [0.3, 0.4) is 0 Å². The van der Waals surface area contributed by atoms with Gasteiger partial charge in [0.2, 0.25) is 0 Å². The van der Waals surface area contributed by atoms with Crippen LogP contribution in [0.1, 0.15) is 11.4 Å². The molecule has 0 amide bonds. The van der Waals surface area contributed by atoms with Crippen LogP contribution in [0.25, 0.3) is 5.65 Å². The smallest absolute Gasteiger partial charge is 0.144 e. The number of nitriles is 1. The zero-order valence-electron chi connectivity index (χ0n) is 6.95. The van der Waals surface area contributed by atoms with Crippen molar-refractivity contribution < 1.29 is 0 Å². The van der Waals surface area contributed by atoms with Crippen LogP contribution in [-0.2, 0) is 0 Å². The first-order valence-corrected chi connectivity index (χ1v) is 4.56. The Morgan fingerprint density at radius 2 is 2.31 bits per heavy atom. The molecule has 0 radical (unpaired) electrons. The van der Waals surface area contributed by atoms with Gasteiger partial charge in [0, 0.05) is 10.2 Å². The molecule has 0 atom stereocenters. The van der Waals surface area contributed by atoms with E-state index in [9.17, 15) is 0 Å². The molecule has 2 heterocycles. The van der Waals surface area contributed by atoms with E-state index in [4.69, 9.17) is 5.26 Å². The minimum absolute atomic E-state index is 0.564. The van der Waals surface area contributed by atoms with Crippen molar-refractivity contribution in [1.82, 2.24) is 9.38 Å². The van der Waals surface area contributed by atoms with Crippen molar-refractivity contribution in [2.75, 3.05) is 0 Å². The molecule has 3 nitrogen and oxygen atoms in total. The van der Waals surface area contributed by atoms with Crippen LogP contribution < -0.4 is 0 Å². The molecule has 0 fully saturated rings. The average molecular weight is 236 g/mol. The minimum atomic E-state index is 0.564. The first kappa shape index (κ1) is 8.27. The zero-order chi connectivity index (χ0) is 9.42. The van der Waals surface area contributed by atoms with E-state index in [1.54, 1.807) is 6.20 Å². The number of aromatic nitrogens is 2. The van der Waals surface area contributed by atoms with Gasteiger partial charge in [-0.3, -0.25) is 4.40 Å². The van der Waals surface area contributed by atoms with E-state index in [1.807, 2.05) is 23.5 Å². The van der Waals surface area contributed by atoms with Crippen molar-refractivity contribution in [3.8, 4) is 6.07 Å². The third-order valence-corrected chi connectivity index (χ3v) is 2.80. The number of hydrogen-bond donors (Lipinski definition) is 0. The van der Waals surface area contributed by atoms with E-state index in [-0.39, 0.29) is 0 Å². The predicted molar refractivity (Wildman–Crippen MR) is 52.3 cm³/mol. The number of aryl methyl sites for hydroxylation is 1. The standard InChI is InChI=1S/C9H6BrN3/c1-6-8(10)2-3-9-12-5-7(4-11)13(6)9/h2-3,5H,1H3. The SMILES string of the molecule is Cc1c(Br)ccc2ncc(C#N)n12. The predicted octanol–water partition coefficient (Wildman–Crippen LogP) is 2.28. The molecule has 0 spiro atoms. The fourth-order valence-corrected chi connectivity index (χ4v) is 1.60. The third kappa shape index (κ3) is 1.12. The van der Waals surface area contributed by atoms with Gasteiger partial charge in [-0.25, -0.2) is 4.98 Å². The van der Waals surface area contributed by atoms with Crippen LogP contribution in [0.2, 0.25) is 0 Å². The minimum Gasteiger partial charge on any atom is -0.287 e. The van der Waals surface area contributed by atoms with Crippen LogP contribution >= 0.6 is 15.9 Å². The Hall–Kier alpha value is -1.34. The second kappa shape index (κ2) is 2.86. The summed E-state index contributed by atoms with van der Waals surface area (Å²) >= 11 is 3.41. The summed E-state index contributed by atoms with van der Waals surface area (Å²) in [6, 6.07) is 5.90. The summed E-state index contributed by atoms with van der Waals surface area (Å²) in [6.45, 7) is 1.94. The van der Waals surface area contributed by atoms with E-state index in [1.165, 1.54) is 0 Å². The second-order valence-electron chi connectivity index (χ2n) is 2.72. The molecular weight excluding hydrogens is 230 g/mol. The molecule has 0 N–H and O–H groups in total. The molecule has 2 aromatic rings. The summed E-state index contributed by atoms with van der Waals surface area (Å²) in [5.41, 5.74) is 2.36. The number of halogens is 1. The van der Waals surface area contributed by atoms with Gasteiger partial charge in [-0.2, -0.15) is 5.26 Å². The van der Waals surface area contributed by atoms with Crippen molar-refractivity contribution in [2.45, 2.75) is 6.92 Å². The summed E-state index contributed by atoms with van der Waals surface area (Å²) in [7, 11) is 0. The summed E-state index contributed by atoms with van der Waals surface area (Å²) in [5, 5.41) is 8.81. The quantitative estimate of drug-likeness (QED) is 0.704. The molecule has 0 saturated carbocycles. The lowest BCUT2D eigenvalue weighted by Gasteiger charge is -2.02. The maximum absolute atomic E-state index is 8.81. The number of imidazole rings is 1. The monoisotopic (exact) mass is 235 g/mol. The lowest BCUT2D eigenvalue weighted by molar-refractivity contribution is 1.06. The van der Waals surface area contributed by atoms with Crippen LogP contribution in [-0.4, -0.2) is 9.38 Å². The van der Waals surface area contributed by atoms with Crippen LogP contribution in [0.5, 0.6) is 0 Å². The largest absolute Gasteiger partial charge is 0.287 e. The van der Waals surface area contributed by atoms with Gasteiger partial charge >= 0.3 is 0 Å². The van der Waals surface area contributed by atoms with Gasteiger partial charge in [-0.05, 0) is 35.0 Å². The fraction of sp³-hybridized carbons (Fsp3) is 0.111. The van der Waals surface area contributed by atoms with Crippen molar-refractivity contribution in [3.63, 3.8) is 0 Å². The van der Waals surface area contributed by atoms with E-state index in [0.29, 0.717) is 5.69 Å². The Balaban J connectivity index is 2.95. The van der Waals surface area contributed by atoms with Crippen molar-refractivity contribution in [3.05, 3.63) is 34.2 Å². The first-order valence-electron chi connectivity index (χ1n) is 3.76. The number of fused-ring (bicyclic) bond motifs is 1. The highest BCUT2D eigenvalue weighted by Gasteiger charge is 2.06. The summed E-state index contributed by atoms with van der Waals surface area (Å²) in [6.07, 6.45) is 1.58. The van der Waals surface area contributed by atoms with Gasteiger partial charge in [0.05, 0.1) is 6.20 Å². The lowest BCUT2D eigenvalue weighted by atomic mass is 10.3. The molecule has 0 saturated heterocycles. The summed E-state index contributed by atoms with van der Waals surface area (Å²) < 4.78 is 2.80. The van der Waals surface area contributed by atoms with E-state index < -0.39 is 0 Å². The van der Waals surface area contributed by atoms with Gasteiger partial charge in [0.25, 0.3) is 0 Å². The van der Waals surface area contributed by atoms with Crippen molar-refractivity contribution in [2.24, 2.45) is 0 Å². The van der Waals surface area contributed by atoms with Crippen LogP contribution in [0, 0.1) is 18.3 Å². The Labute approximate surface area is 83.8 Å². The van der Waals surface area contributed by atoms with Gasteiger partial charge in [-0.15, -0.1) is 0 Å². The topological polar surface area (TPSA) is 41.1 Å².